The molecule has 25 heavy (non-hydrogen) atoms. The Kier molecular flexibility index (Phi) is 10.4. The van der Waals surface area contributed by atoms with Gasteiger partial charge in [-0.3, -0.25) is 4.99 Å². The molecule has 0 aromatic rings. The monoisotopic (exact) mass is 375 g/mol. The lowest BCUT2D eigenvalue weighted by Gasteiger charge is -2.32. The summed E-state index contributed by atoms with van der Waals surface area (Å²) in [6.07, 6.45) is 3.48. The van der Waals surface area contributed by atoms with E-state index in [0.717, 1.165) is 45.0 Å². The smallest absolute Gasteiger partial charge is 0.214 e. The third-order valence-corrected chi connectivity index (χ3v) is 6.66. The van der Waals surface area contributed by atoms with Crippen LogP contribution in [0.3, 0.4) is 0 Å². The third kappa shape index (κ3) is 7.92. The minimum absolute atomic E-state index is 0.250. The van der Waals surface area contributed by atoms with Crippen LogP contribution >= 0.6 is 0 Å². The number of aliphatic imine (C=N–C) groups is 1. The fourth-order valence-corrected chi connectivity index (χ4v) is 4.67. The molecule has 0 spiro atoms. The van der Waals surface area contributed by atoms with Crippen molar-refractivity contribution in [2.75, 3.05) is 52.1 Å². The van der Waals surface area contributed by atoms with E-state index in [-0.39, 0.29) is 11.8 Å². The molecule has 1 heterocycles. The topological polar surface area (TPSA) is 77.0 Å². The van der Waals surface area contributed by atoms with E-state index in [1.807, 2.05) is 6.92 Å². The molecule has 1 aliphatic rings. The number of rotatable bonds is 10. The Hall–Kier alpha value is -0.860. The molecule has 0 unspecified atom stereocenters. The molecule has 0 radical (unpaired) electrons. The molecule has 1 fully saturated rings. The summed E-state index contributed by atoms with van der Waals surface area (Å²) in [7, 11) is -1.29. The normalized spacial score (nSPS) is 17.9. The molecule has 2 N–H and O–H groups in total. The number of guanidine groups is 1. The first-order valence-corrected chi connectivity index (χ1v) is 11.2. The van der Waals surface area contributed by atoms with Crippen LogP contribution in [0.2, 0.25) is 0 Å². The fraction of sp³-hybridized carbons (Fsp3) is 0.941. The van der Waals surface area contributed by atoms with Crippen LogP contribution in [0.15, 0.2) is 4.99 Å². The van der Waals surface area contributed by atoms with Crippen molar-refractivity contribution >= 4 is 16.0 Å². The first kappa shape index (κ1) is 22.2. The number of piperidine rings is 1. The molecular weight excluding hydrogens is 338 g/mol. The highest BCUT2D eigenvalue weighted by Crippen LogP contribution is 2.15. The van der Waals surface area contributed by atoms with Crippen LogP contribution < -0.4 is 10.6 Å². The Morgan fingerprint density at radius 2 is 1.84 bits per heavy atom. The molecule has 8 heteroatoms. The van der Waals surface area contributed by atoms with Crippen molar-refractivity contribution in [3.8, 4) is 0 Å². The first-order valence-electron chi connectivity index (χ1n) is 9.64. The summed E-state index contributed by atoms with van der Waals surface area (Å²) in [6.45, 7) is 11.5. The molecule has 1 aliphatic heterocycles. The minimum Gasteiger partial charge on any atom is -0.355 e. The van der Waals surface area contributed by atoms with Crippen molar-refractivity contribution in [1.29, 1.82) is 0 Å². The standard InChI is InChI=1S/C17H37N5O2S/c1-5-11-21(7-3)14-10-19-17(18-4)20-16-8-12-22(13-9-16)25(23,24)15-6-2/h16H,5-15H2,1-4H3,(H2,18,19,20). The van der Waals surface area contributed by atoms with Crippen LogP contribution in [0.5, 0.6) is 0 Å². The largest absolute Gasteiger partial charge is 0.355 e. The second-order valence-electron chi connectivity index (χ2n) is 6.57. The summed E-state index contributed by atoms with van der Waals surface area (Å²) in [4.78, 5) is 6.71. The maximum Gasteiger partial charge on any atom is 0.214 e. The number of hydrogen-bond donors (Lipinski definition) is 2. The van der Waals surface area contributed by atoms with E-state index < -0.39 is 10.0 Å². The van der Waals surface area contributed by atoms with Crippen LogP contribution in [0, 0.1) is 0 Å². The third-order valence-electron chi connectivity index (χ3n) is 4.58. The highest BCUT2D eigenvalue weighted by Gasteiger charge is 2.27. The van der Waals surface area contributed by atoms with Crippen molar-refractivity contribution < 1.29 is 8.42 Å². The predicted molar refractivity (Wildman–Crippen MR) is 106 cm³/mol. The zero-order valence-electron chi connectivity index (χ0n) is 16.4. The number of likely N-dealkylation sites (N-methyl/N-ethyl adjacent to an activating group) is 1. The Bertz CT molecular complexity index is 487. The molecule has 0 aromatic heterocycles. The minimum atomic E-state index is -3.07. The van der Waals surface area contributed by atoms with E-state index in [1.165, 1.54) is 6.42 Å². The summed E-state index contributed by atoms with van der Waals surface area (Å²) in [5, 5.41) is 6.80. The van der Waals surface area contributed by atoms with Gasteiger partial charge >= 0.3 is 0 Å². The molecule has 0 aliphatic carbocycles. The van der Waals surface area contributed by atoms with Crippen molar-refractivity contribution in [3.63, 3.8) is 0 Å². The highest BCUT2D eigenvalue weighted by molar-refractivity contribution is 7.89. The van der Waals surface area contributed by atoms with Gasteiger partial charge in [0.05, 0.1) is 5.75 Å². The van der Waals surface area contributed by atoms with Crippen molar-refractivity contribution in [2.45, 2.75) is 52.5 Å². The number of hydrogen-bond acceptors (Lipinski definition) is 4. The lowest BCUT2D eigenvalue weighted by molar-refractivity contribution is 0.290. The maximum absolute atomic E-state index is 12.1. The van der Waals surface area contributed by atoms with Gasteiger partial charge in [0.25, 0.3) is 0 Å². The van der Waals surface area contributed by atoms with Gasteiger partial charge in [0.15, 0.2) is 5.96 Å². The Morgan fingerprint density at radius 1 is 1.16 bits per heavy atom. The van der Waals surface area contributed by atoms with E-state index in [9.17, 15) is 8.42 Å². The maximum atomic E-state index is 12.1. The van der Waals surface area contributed by atoms with Gasteiger partial charge in [0.2, 0.25) is 10.0 Å². The van der Waals surface area contributed by atoms with Gasteiger partial charge in [0.1, 0.15) is 0 Å². The zero-order valence-corrected chi connectivity index (χ0v) is 17.2. The van der Waals surface area contributed by atoms with E-state index in [1.54, 1.807) is 11.4 Å². The average molecular weight is 376 g/mol. The van der Waals surface area contributed by atoms with Crippen LogP contribution in [0.1, 0.15) is 46.5 Å². The Balaban J connectivity index is 2.36. The Morgan fingerprint density at radius 3 is 2.36 bits per heavy atom. The van der Waals surface area contributed by atoms with Gasteiger partial charge in [0, 0.05) is 39.3 Å². The molecule has 7 nitrogen and oxygen atoms in total. The van der Waals surface area contributed by atoms with Crippen LogP contribution in [-0.2, 0) is 10.0 Å². The summed E-state index contributed by atoms with van der Waals surface area (Å²) < 4.78 is 25.9. The quantitative estimate of drug-likeness (QED) is 0.441. The number of sulfonamides is 1. The van der Waals surface area contributed by atoms with Crippen LogP contribution in [0.4, 0.5) is 0 Å². The molecule has 0 bridgehead atoms. The number of nitrogens with zero attached hydrogens (tertiary/aromatic N) is 3. The first-order chi connectivity index (χ1) is 12.0. The van der Waals surface area contributed by atoms with Gasteiger partial charge in [-0.05, 0) is 38.8 Å². The fourth-order valence-electron chi connectivity index (χ4n) is 3.13. The molecule has 1 saturated heterocycles. The summed E-state index contributed by atoms with van der Waals surface area (Å²) in [5.41, 5.74) is 0. The van der Waals surface area contributed by atoms with Crippen molar-refractivity contribution in [1.82, 2.24) is 19.8 Å². The average Bonchev–Trinajstić information content (AvgIpc) is 2.60. The molecule has 0 amide bonds. The molecular formula is C17H37N5O2S. The predicted octanol–water partition coefficient (Wildman–Crippen LogP) is 1.09. The van der Waals surface area contributed by atoms with Crippen LogP contribution in [-0.4, -0.2) is 81.7 Å². The SMILES string of the molecule is CCCN(CC)CCNC(=NC)NC1CCN(S(=O)(=O)CCC)CC1. The van der Waals surface area contributed by atoms with Crippen LogP contribution in [0.25, 0.3) is 0 Å². The van der Waals surface area contributed by atoms with Gasteiger partial charge in [-0.15, -0.1) is 0 Å². The lowest BCUT2D eigenvalue weighted by Crippen LogP contribution is -2.50. The van der Waals surface area contributed by atoms with Crippen molar-refractivity contribution in [3.05, 3.63) is 0 Å². The highest BCUT2D eigenvalue weighted by atomic mass is 32.2. The van der Waals surface area contributed by atoms with Crippen molar-refractivity contribution in [2.24, 2.45) is 4.99 Å². The van der Waals surface area contributed by atoms with E-state index in [4.69, 9.17) is 0 Å². The molecule has 0 saturated carbocycles. The van der Waals surface area contributed by atoms with Gasteiger partial charge in [-0.1, -0.05) is 20.8 Å². The zero-order chi connectivity index (χ0) is 18.7. The Labute approximate surface area is 154 Å². The molecule has 0 aromatic carbocycles. The summed E-state index contributed by atoms with van der Waals surface area (Å²) >= 11 is 0. The number of nitrogens with one attached hydrogen (secondary N) is 2. The molecule has 148 valence electrons. The summed E-state index contributed by atoms with van der Waals surface area (Å²) in [5.74, 6) is 1.06. The van der Waals surface area contributed by atoms with Gasteiger partial charge < -0.3 is 15.5 Å². The van der Waals surface area contributed by atoms with Gasteiger partial charge in [-0.2, -0.15) is 0 Å². The van der Waals surface area contributed by atoms with E-state index in [0.29, 0.717) is 19.5 Å². The lowest BCUT2D eigenvalue weighted by atomic mass is 10.1. The second kappa shape index (κ2) is 11.7. The molecule has 1 rings (SSSR count). The van der Waals surface area contributed by atoms with E-state index in [2.05, 4.69) is 34.4 Å². The van der Waals surface area contributed by atoms with E-state index >= 15 is 0 Å². The summed E-state index contributed by atoms with van der Waals surface area (Å²) in [6, 6.07) is 0.275. The second-order valence-corrected chi connectivity index (χ2v) is 8.66. The molecule has 0 atom stereocenters. The van der Waals surface area contributed by atoms with Gasteiger partial charge in [-0.25, -0.2) is 12.7 Å².